The molecule has 2 heterocycles. The number of carbonyl (C=O) groups is 1. The third-order valence-corrected chi connectivity index (χ3v) is 5.21. The smallest absolute Gasteiger partial charge is 0.234 e. The number of halogens is 1. The second kappa shape index (κ2) is 8.37. The third kappa shape index (κ3) is 4.33. The zero-order chi connectivity index (χ0) is 21.1. The first-order valence-corrected chi connectivity index (χ1v) is 9.99. The first-order chi connectivity index (χ1) is 14.5. The number of nitrogen functional groups attached to an aromatic ring is 1. The number of thioether (sulfide) groups is 1. The van der Waals surface area contributed by atoms with Crippen molar-refractivity contribution in [3.8, 4) is 22.8 Å². The summed E-state index contributed by atoms with van der Waals surface area (Å²) in [4.78, 5) is 12.1. The Morgan fingerprint density at radius 2 is 2.00 bits per heavy atom. The van der Waals surface area contributed by atoms with Crippen LogP contribution < -0.4 is 11.2 Å². The molecule has 152 valence electrons. The number of nitrogens with two attached hydrogens (primary N) is 1. The molecule has 0 fully saturated rings. The number of aromatic nitrogens is 5. The molecule has 0 unspecified atom stereocenters. The van der Waals surface area contributed by atoms with Gasteiger partial charge in [-0.1, -0.05) is 47.7 Å². The van der Waals surface area contributed by atoms with Crippen molar-refractivity contribution in [2.45, 2.75) is 12.1 Å². The predicted octanol–water partition coefficient (Wildman–Crippen LogP) is 3.23. The number of hydrogen-bond donors (Lipinski definition) is 3. The molecule has 0 saturated carbocycles. The van der Waals surface area contributed by atoms with Gasteiger partial charge in [0.15, 0.2) is 0 Å². The first-order valence-electron chi connectivity index (χ1n) is 9.01. The Kier molecular flexibility index (Phi) is 5.48. The van der Waals surface area contributed by atoms with Crippen LogP contribution in [0.3, 0.4) is 0 Å². The number of rotatable bonds is 6. The molecule has 0 saturated heterocycles. The molecule has 0 bridgehead atoms. The fourth-order valence-corrected chi connectivity index (χ4v) is 3.42. The topological polar surface area (TPSA) is 115 Å². The quantitative estimate of drug-likeness (QED) is 0.324. The molecule has 0 aliphatic carbocycles. The summed E-state index contributed by atoms with van der Waals surface area (Å²) in [5.41, 5.74) is 3.89. The Hall–Kier alpha value is -3.66. The largest absolute Gasteiger partial charge is 0.335 e. The van der Waals surface area contributed by atoms with Crippen molar-refractivity contribution in [3.63, 3.8) is 0 Å². The van der Waals surface area contributed by atoms with E-state index in [-0.39, 0.29) is 11.7 Å². The molecule has 0 radical (unpaired) electrons. The molecule has 4 N–H and O–H groups in total. The molecule has 1 amide bonds. The maximum absolute atomic E-state index is 13.2. The maximum atomic E-state index is 13.2. The van der Waals surface area contributed by atoms with E-state index >= 15 is 0 Å². The molecular formula is C20H18FN7OS. The fourth-order valence-electron chi connectivity index (χ4n) is 2.76. The zero-order valence-electron chi connectivity index (χ0n) is 16.0. The monoisotopic (exact) mass is 423 g/mol. The normalized spacial score (nSPS) is 10.9. The Labute approximate surface area is 175 Å². The number of nitrogens with zero attached hydrogens (tertiary/aromatic N) is 4. The highest BCUT2D eigenvalue weighted by Gasteiger charge is 2.16. The average Bonchev–Trinajstić information content (AvgIpc) is 3.34. The van der Waals surface area contributed by atoms with Crippen molar-refractivity contribution in [1.29, 1.82) is 0 Å². The number of hydrogen-bond acceptors (Lipinski definition) is 6. The fraction of sp³-hybridized carbons (Fsp3) is 0.100. The number of carbonyl (C=O) groups excluding carboxylic acids is 1. The summed E-state index contributed by atoms with van der Waals surface area (Å²) < 4.78 is 14.5. The molecule has 8 nitrogen and oxygen atoms in total. The van der Waals surface area contributed by atoms with Gasteiger partial charge >= 0.3 is 0 Å². The van der Waals surface area contributed by atoms with Crippen molar-refractivity contribution in [3.05, 3.63) is 66.0 Å². The van der Waals surface area contributed by atoms with Crippen LogP contribution in [0.4, 0.5) is 10.1 Å². The van der Waals surface area contributed by atoms with E-state index in [0.717, 1.165) is 23.0 Å². The van der Waals surface area contributed by atoms with Gasteiger partial charge in [0.25, 0.3) is 0 Å². The Morgan fingerprint density at radius 3 is 2.77 bits per heavy atom. The second-order valence-corrected chi connectivity index (χ2v) is 7.50. The van der Waals surface area contributed by atoms with E-state index in [9.17, 15) is 9.18 Å². The van der Waals surface area contributed by atoms with Crippen LogP contribution >= 0.6 is 11.8 Å². The first kappa shape index (κ1) is 19.6. The van der Waals surface area contributed by atoms with Crippen molar-refractivity contribution in [1.82, 2.24) is 25.1 Å². The SMILES string of the molecule is Cc1ccc(-c2cc(-c3nnc(SCC(=O)Nc4cccc(F)c4)n3N)[nH]n2)cc1. The third-order valence-electron chi connectivity index (χ3n) is 4.27. The highest BCUT2D eigenvalue weighted by Crippen LogP contribution is 2.25. The standard InChI is InChI=1S/C20H18FN7OS/c1-12-5-7-13(8-6-12)16-10-17(25-24-16)19-26-27-20(28(19)22)30-11-18(29)23-15-4-2-3-14(21)9-15/h2-10H,11,22H2,1H3,(H,23,29)(H,24,25). The Bertz CT molecular complexity index is 1190. The predicted molar refractivity (Wildman–Crippen MR) is 114 cm³/mol. The van der Waals surface area contributed by atoms with Gasteiger partial charge in [-0.25, -0.2) is 9.07 Å². The van der Waals surface area contributed by atoms with Crippen LogP contribution in [-0.4, -0.2) is 36.7 Å². The lowest BCUT2D eigenvalue weighted by Gasteiger charge is -2.05. The van der Waals surface area contributed by atoms with Crippen LogP contribution in [0.15, 0.2) is 59.8 Å². The summed E-state index contributed by atoms with van der Waals surface area (Å²) in [7, 11) is 0. The maximum Gasteiger partial charge on any atom is 0.234 e. The number of benzene rings is 2. The summed E-state index contributed by atoms with van der Waals surface area (Å²) in [6.45, 7) is 2.02. The van der Waals surface area contributed by atoms with Crippen molar-refractivity contribution in [2.75, 3.05) is 16.9 Å². The second-order valence-electron chi connectivity index (χ2n) is 6.56. The van der Waals surface area contributed by atoms with E-state index in [1.807, 2.05) is 37.3 Å². The van der Waals surface area contributed by atoms with Gasteiger partial charge in [0.1, 0.15) is 11.5 Å². The molecule has 0 aliphatic heterocycles. The molecule has 0 atom stereocenters. The molecule has 0 spiro atoms. The van der Waals surface area contributed by atoms with Crippen LogP contribution in [-0.2, 0) is 4.79 Å². The van der Waals surface area contributed by atoms with Crippen LogP contribution in [0.25, 0.3) is 22.8 Å². The lowest BCUT2D eigenvalue weighted by Crippen LogP contribution is -2.16. The van der Waals surface area contributed by atoms with E-state index in [4.69, 9.17) is 5.84 Å². The summed E-state index contributed by atoms with van der Waals surface area (Å²) in [6, 6.07) is 15.5. The zero-order valence-corrected chi connectivity index (χ0v) is 16.8. The van der Waals surface area contributed by atoms with E-state index in [0.29, 0.717) is 22.4 Å². The Balaban J connectivity index is 1.42. The van der Waals surface area contributed by atoms with Gasteiger partial charge in [-0.2, -0.15) is 5.10 Å². The van der Waals surface area contributed by atoms with Crippen molar-refractivity contribution in [2.24, 2.45) is 0 Å². The number of aromatic amines is 1. The van der Waals surface area contributed by atoms with E-state index in [1.54, 1.807) is 6.07 Å². The summed E-state index contributed by atoms with van der Waals surface area (Å²) in [5.74, 6) is 5.82. The van der Waals surface area contributed by atoms with Crippen molar-refractivity contribution < 1.29 is 9.18 Å². The lowest BCUT2D eigenvalue weighted by molar-refractivity contribution is -0.113. The molecule has 4 rings (SSSR count). The Morgan fingerprint density at radius 1 is 1.20 bits per heavy atom. The van der Waals surface area contributed by atoms with Crippen LogP contribution in [0.5, 0.6) is 0 Å². The van der Waals surface area contributed by atoms with Gasteiger partial charge in [-0.05, 0) is 31.2 Å². The van der Waals surface area contributed by atoms with E-state index in [1.165, 1.54) is 28.4 Å². The molecule has 2 aromatic heterocycles. The molecule has 0 aliphatic rings. The molecular weight excluding hydrogens is 405 g/mol. The molecule has 2 aromatic carbocycles. The van der Waals surface area contributed by atoms with E-state index in [2.05, 4.69) is 25.7 Å². The number of nitrogens with one attached hydrogen (secondary N) is 2. The van der Waals surface area contributed by atoms with Gasteiger partial charge in [0, 0.05) is 11.3 Å². The summed E-state index contributed by atoms with van der Waals surface area (Å²) >= 11 is 1.12. The minimum absolute atomic E-state index is 0.0451. The minimum atomic E-state index is -0.420. The number of anilines is 1. The number of amides is 1. The summed E-state index contributed by atoms with van der Waals surface area (Å²) in [6.07, 6.45) is 0. The molecule has 30 heavy (non-hydrogen) atoms. The average molecular weight is 423 g/mol. The number of aryl methyl sites for hydroxylation is 1. The van der Waals surface area contributed by atoms with Gasteiger partial charge in [0.05, 0.1) is 11.4 Å². The van der Waals surface area contributed by atoms with Crippen molar-refractivity contribution >= 4 is 23.4 Å². The van der Waals surface area contributed by atoms with Crippen LogP contribution in [0.2, 0.25) is 0 Å². The van der Waals surface area contributed by atoms with Gasteiger partial charge in [-0.15, -0.1) is 10.2 Å². The van der Waals surface area contributed by atoms with Gasteiger partial charge < -0.3 is 11.2 Å². The highest BCUT2D eigenvalue weighted by atomic mass is 32.2. The summed E-state index contributed by atoms with van der Waals surface area (Å²) in [5, 5.41) is 18.3. The molecule has 10 heteroatoms. The van der Waals surface area contributed by atoms with Crippen LogP contribution in [0.1, 0.15) is 5.56 Å². The van der Waals surface area contributed by atoms with Gasteiger partial charge in [-0.3, -0.25) is 9.89 Å². The van der Waals surface area contributed by atoms with Crippen LogP contribution in [0, 0.1) is 12.7 Å². The lowest BCUT2D eigenvalue weighted by atomic mass is 10.1. The van der Waals surface area contributed by atoms with E-state index < -0.39 is 5.82 Å². The minimum Gasteiger partial charge on any atom is -0.335 e. The highest BCUT2D eigenvalue weighted by molar-refractivity contribution is 7.99. The van der Waals surface area contributed by atoms with Gasteiger partial charge in [0.2, 0.25) is 16.9 Å². The molecule has 4 aromatic rings. The number of H-pyrrole nitrogens is 1.